The molecule has 2 aromatic heterocycles. The van der Waals surface area contributed by atoms with E-state index in [-0.39, 0.29) is 0 Å². The van der Waals surface area contributed by atoms with Gasteiger partial charge in [0, 0.05) is 35.4 Å². The van der Waals surface area contributed by atoms with Gasteiger partial charge in [-0.15, -0.1) is 0 Å². The van der Waals surface area contributed by atoms with Gasteiger partial charge in [-0.1, -0.05) is 29.8 Å². The number of nitrogens with two attached hydrogens (primary N) is 1. The van der Waals surface area contributed by atoms with Gasteiger partial charge in [-0.05, 0) is 37.1 Å². The van der Waals surface area contributed by atoms with Gasteiger partial charge in [-0.25, -0.2) is 0 Å². The molecule has 0 saturated heterocycles. The molecule has 0 radical (unpaired) electrons. The lowest BCUT2D eigenvalue weighted by atomic mass is 9.88. The van der Waals surface area contributed by atoms with E-state index >= 15 is 0 Å². The number of rotatable bonds is 4. The molecular formula is C17H19N3. The van der Waals surface area contributed by atoms with Crippen LogP contribution in [-0.2, 0) is 0 Å². The molecule has 3 heteroatoms. The molecule has 0 fully saturated rings. The Labute approximate surface area is 118 Å². The van der Waals surface area contributed by atoms with Crippen molar-refractivity contribution in [3.05, 3.63) is 65.6 Å². The van der Waals surface area contributed by atoms with Crippen LogP contribution in [0.1, 0.15) is 29.0 Å². The number of nitrogens with zero attached hydrogens (tertiary/aromatic N) is 1. The number of fused-ring (bicyclic) bond motifs is 1. The number of nitrogens with one attached hydrogen (secondary N) is 1. The third kappa shape index (κ3) is 2.32. The molecule has 0 aliphatic rings. The van der Waals surface area contributed by atoms with Crippen molar-refractivity contribution in [1.29, 1.82) is 0 Å². The summed E-state index contributed by atoms with van der Waals surface area (Å²) < 4.78 is 0. The van der Waals surface area contributed by atoms with Crippen molar-refractivity contribution in [2.75, 3.05) is 6.54 Å². The zero-order valence-corrected chi connectivity index (χ0v) is 11.6. The van der Waals surface area contributed by atoms with E-state index in [4.69, 9.17) is 5.73 Å². The first-order valence-corrected chi connectivity index (χ1v) is 6.97. The molecule has 1 atom stereocenters. The van der Waals surface area contributed by atoms with Crippen molar-refractivity contribution < 1.29 is 0 Å². The molecule has 0 spiro atoms. The molecule has 0 bridgehead atoms. The lowest BCUT2D eigenvalue weighted by Crippen LogP contribution is -2.08. The molecule has 3 rings (SSSR count). The first kappa shape index (κ1) is 12.9. The molecule has 3 nitrogen and oxygen atoms in total. The maximum absolute atomic E-state index is 5.83. The van der Waals surface area contributed by atoms with Crippen molar-refractivity contribution in [3.63, 3.8) is 0 Å². The van der Waals surface area contributed by atoms with Crippen LogP contribution < -0.4 is 5.73 Å². The van der Waals surface area contributed by atoms with E-state index < -0.39 is 0 Å². The summed E-state index contributed by atoms with van der Waals surface area (Å²) in [5.74, 6) is 0.317. The third-order valence-corrected chi connectivity index (χ3v) is 3.79. The van der Waals surface area contributed by atoms with Gasteiger partial charge in [0.2, 0.25) is 0 Å². The average molecular weight is 265 g/mol. The minimum absolute atomic E-state index is 0.317. The molecule has 1 unspecified atom stereocenters. The lowest BCUT2D eigenvalue weighted by Gasteiger charge is -2.16. The van der Waals surface area contributed by atoms with Crippen molar-refractivity contribution >= 4 is 10.9 Å². The van der Waals surface area contributed by atoms with E-state index in [1.807, 2.05) is 18.5 Å². The average Bonchev–Trinajstić information content (AvgIpc) is 2.88. The minimum atomic E-state index is 0.317. The van der Waals surface area contributed by atoms with Gasteiger partial charge in [-0.2, -0.15) is 0 Å². The third-order valence-electron chi connectivity index (χ3n) is 3.79. The number of aromatic nitrogens is 2. The molecule has 20 heavy (non-hydrogen) atoms. The molecule has 102 valence electrons. The molecular weight excluding hydrogens is 246 g/mol. The topological polar surface area (TPSA) is 54.7 Å². The molecule has 2 heterocycles. The normalized spacial score (nSPS) is 12.7. The summed E-state index contributed by atoms with van der Waals surface area (Å²) in [5, 5.41) is 1.19. The zero-order valence-electron chi connectivity index (χ0n) is 11.6. The monoisotopic (exact) mass is 265 g/mol. The van der Waals surface area contributed by atoms with Crippen LogP contribution in [0.5, 0.6) is 0 Å². The summed E-state index contributed by atoms with van der Waals surface area (Å²) in [6, 6.07) is 10.7. The highest BCUT2D eigenvalue weighted by atomic mass is 14.7. The highest BCUT2D eigenvalue weighted by Crippen LogP contribution is 2.32. The largest absolute Gasteiger partial charge is 0.361 e. The van der Waals surface area contributed by atoms with Gasteiger partial charge < -0.3 is 10.7 Å². The van der Waals surface area contributed by atoms with E-state index in [0.717, 1.165) is 11.9 Å². The smallest absolute Gasteiger partial charge is 0.0488 e. The second-order valence-electron chi connectivity index (χ2n) is 5.21. The SMILES string of the molecule is Cc1cccc(C(CCN)c2c[nH]c3ccncc23)c1. The van der Waals surface area contributed by atoms with Crippen LogP contribution in [0.2, 0.25) is 0 Å². The standard InChI is InChI=1S/C17H19N3/c1-12-3-2-4-13(9-12)14(5-7-18)15-11-20-17-6-8-19-10-16(15)17/h2-4,6,8-11,14,20H,5,7,18H2,1H3. The summed E-state index contributed by atoms with van der Waals surface area (Å²) in [5.41, 5.74) is 10.8. The van der Waals surface area contributed by atoms with E-state index in [1.54, 1.807) is 0 Å². The number of aromatic amines is 1. The van der Waals surface area contributed by atoms with E-state index in [2.05, 4.69) is 47.4 Å². The summed E-state index contributed by atoms with van der Waals surface area (Å²) >= 11 is 0. The predicted molar refractivity (Wildman–Crippen MR) is 82.8 cm³/mol. The molecule has 3 aromatic rings. The Morgan fingerprint density at radius 1 is 1.30 bits per heavy atom. The first-order chi connectivity index (χ1) is 9.79. The second-order valence-corrected chi connectivity index (χ2v) is 5.21. The number of pyridine rings is 1. The first-order valence-electron chi connectivity index (χ1n) is 6.97. The van der Waals surface area contributed by atoms with Crippen molar-refractivity contribution in [1.82, 2.24) is 9.97 Å². The summed E-state index contributed by atoms with van der Waals surface area (Å²) in [6.07, 6.45) is 6.77. The Balaban J connectivity index is 2.11. The van der Waals surface area contributed by atoms with Gasteiger partial charge in [0.15, 0.2) is 0 Å². The van der Waals surface area contributed by atoms with Crippen molar-refractivity contribution in [2.45, 2.75) is 19.3 Å². The quantitative estimate of drug-likeness (QED) is 0.760. The van der Waals surface area contributed by atoms with Crippen molar-refractivity contribution in [2.24, 2.45) is 5.73 Å². The fraction of sp³-hybridized carbons (Fsp3) is 0.235. The second kappa shape index (κ2) is 5.47. The van der Waals surface area contributed by atoms with E-state index in [0.29, 0.717) is 12.5 Å². The van der Waals surface area contributed by atoms with Gasteiger partial charge >= 0.3 is 0 Å². The van der Waals surface area contributed by atoms with Gasteiger partial charge in [0.05, 0.1) is 0 Å². The van der Waals surface area contributed by atoms with Crippen molar-refractivity contribution in [3.8, 4) is 0 Å². The molecule has 0 amide bonds. The Morgan fingerprint density at radius 2 is 2.20 bits per heavy atom. The predicted octanol–water partition coefficient (Wildman–Crippen LogP) is 3.35. The maximum Gasteiger partial charge on any atom is 0.0488 e. The number of aryl methyl sites for hydroxylation is 1. The molecule has 0 aliphatic heterocycles. The Morgan fingerprint density at radius 3 is 3.00 bits per heavy atom. The Kier molecular flexibility index (Phi) is 3.52. The van der Waals surface area contributed by atoms with Crippen LogP contribution >= 0.6 is 0 Å². The van der Waals surface area contributed by atoms with Crippen LogP contribution in [0, 0.1) is 6.92 Å². The number of H-pyrrole nitrogens is 1. The molecule has 3 N–H and O–H groups in total. The molecule has 0 aliphatic carbocycles. The number of benzene rings is 1. The van der Waals surface area contributed by atoms with Crippen LogP contribution in [0.4, 0.5) is 0 Å². The fourth-order valence-electron chi connectivity index (χ4n) is 2.83. The maximum atomic E-state index is 5.83. The van der Waals surface area contributed by atoms with Gasteiger partial charge in [-0.3, -0.25) is 4.98 Å². The minimum Gasteiger partial charge on any atom is -0.361 e. The van der Waals surface area contributed by atoms with E-state index in [9.17, 15) is 0 Å². The number of hydrogen-bond donors (Lipinski definition) is 2. The highest BCUT2D eigenvalue weighted by molar-refractivity contribution is 5.83. The van der Waals surface area contributed by atoms with Gasteiger partial charge in [0.25, 0.3) is 0 Å². The van der Waals surface area contributed by atoms with Crippen LogP contribution in [-0.4, -0.2) is 16.5 Å². The Bertz CT molecular complexity index is 715. The van der Waals surface area contributed by atoms with Gasteiger partial charge in [0.1, 0.15) is 0 Å². The van der Waals surface area contributed by atoms with Crippen LogP contribution in [0.25, 0.3) is 10.9 Å². The molecule has 0 saturated carbocycles. The van der Waals surface area contributed by atoms with Crippen LogP contribution in [0.15, 0.2) is 48.9 Å². The van der Waals surface area contributed by atoms with Crippen LogP contribution in [0.3, 0.4) is 0 Å². The summed E-state index contributed by atoms with van der Waals surface area (Å²) in [6.45, 7) is 2.80. The zero-order chi connectivity index (χ0) is 13.9. The fourth-order valence-corrected chi connectivity index (χ4v) is 2.83. The summed E-state index contributed by atoms with van der Waals surface area (Å²) in [4.78, 5) is 7.58. The molecule has 1 aromatic carbocycles. The highest BCUT2D eigenvalue weighted by Gasteiger charge is 2.17. The number of hydrogen-bond acceptors (Lipinski definition) is 2. The lowest BCUT2D eigenvalue weighted by molar-refractivity contribution is 0.730. The van der Waals surface area contributed by atoms with E-state index in [1.165, 1.54) is 22.1 Å². The summed E-state index contributed by atoms with van der Waals surface area (Å²) in [7, 11) is 0. The Hall–Kier alpha value is -2.13.